The molecule has 1 nitrogen and oxygen atoms in total. The van der Waals surface area contributed by atoms with Crippen LogP contribution in [0.3, 0.4) is 0 Å². The Balaban J connectivity index is 2.88. The average Bonchev–Trinajstić information content (AvgIpc) is 2.15. The van der Waals surface area contributed by atoms with Crippen molar-refractivity contribution in [3.8, 4) is 0 Å². The Morgan fingerprint density at radius 3 is 2.65 bits per heavy atom. The highest BCUT2D eigenvalue weighted by Crippen LogP contribution is 2.33. The molecule has 2 atom stereocenters. The lowest BCUT2D eigenvalue weighted by Gasteiger charge is -2.29. The van der Waals surface area contributed by atoms with Crippen molar-refractivity contribution < 1.29 is 0 Å². The molecule has 0 aromatic heterocycles. The van der Waals surface area contributed by atoms with E-state index in [2.05, 4.69) is 36.7 Å². The van der Waals surface area contributed by atoms with Gasteiger partial charge in [0.1, 0.15) is 0 Å². The minimum absolute atomic E-state index is 0.355. The van der Waals surface area contributed by atoms with Gasteiger partial charge >= 0.3 is 0 Å². The summed E-state index contributed by atoms with van der Waals surface area (Å²) in [6, 6.07) is 5.92. The van der Waals surface area contributed by atoms with Gasteiger partial charge in [0.25, 0.3) is 0 Å². The smallest absolute Gasteiger partial charge is 0.0467 e. The van der Waals surface area contributed by atoms with Gasteiger partial charge in [-0.3, -0.25) is 0 Å². The summed E-state index contributed by atoms with van der Waals surface area (Å²) in [4.78, 5) is 0. The summed E-state index contributed by atoms with van der Waals surface area (Å²) in [6.45, 7) is 6.52. The minimum atomic E-state index is -0.355. The Labute approximate surface area is 118 Å². The molecule has 2 N–H and O–H groups in total. The Morgan fingerprint density at radius 2 is 2.12 bits per heavy atom. The van der Waals surface area contributed by atoms with Crippen molar-refractivity contribution in [1.82, 2.24) is 0 Å². The normalized spacial score (nSPS) is 16.6. The van der Waals surface area contributed by atoms with E-state index in [-0.39, 0.29) is 5.54 Å². The second kappa shape index (κ2) is 6.21. The number of benzene rings is 1. The maximum Gasteiger partial charge on any atom is 0.0467 e. The van der Waals surface area contributed by atoms with Crippen LogP contribution in [-0.2, 0) is 5.54 Å². The van der Waals surface area contributed by atoms with Gasteiger partial charge in [-0.05, 0) is 37.0 Å². The molecule has 3 heteroatoms. The van der Waals surface area contributed by atoms with Crippen LogP contribution in [-0.4, -0.2) is 0 Å². The molecule has 0 aliphatic rings. The minimum Gasteiger partial charge on any atom is -0.322 e. The molecule has 0 aliphatic carbocycles. The first kappa shape index (κ1) is 15.0. The molecule has 2 unspecified atom stereocenters. The lowest BCUT2D eigenvalue weighted by molar-refractivity contribution is 0.346. The fourth-order valence-corrected chi connectivity index (χ4v) is 3.27. The highest BCUT2D eigenvalue weighted by Gasteiger charge is 2.25. The molecule has 0 aliphatic heterocycles. The quantitative estimate of drug-likeness (QED) is 0.802. The van der Waals surface area contributed by atoms with Gasteiger partial charge in [-0.25, -0.2) is 0 Å². The van der Waals surface area contributed by atoms with E-state index in [1.165, 1.54) is 12.8 Å². The fourth-order valence-electron chi connectivity index (χ4n) is 2.38. The molecular formula is C14H21BrClN. The first-order valence-electron chi connectivity index (χ1n) is 6.11. The molecule has 0 fully saturated rings. The van der Waals surface area contributed by atoms with Crippen molar-refractivity contribution in [2.45, 2.75) is 45.6 Å². The van der Waals surface area contributed by atoms with Crippen LogP contribution in [0.2, 0.25) is 5.02 Å². The van der Waals surface area contributed by atoms with Gasteiger partial charge in [0.2, 0.25) is 0 Å². The summed E-state index contributed by atoms with van der Waals surface area (Å²) in [5.41, 5.74) is 7.10. The van der Waals surface area contributed by atoms with Crippen molar-refractivity contribution in [2.75, 3.05) is 0 Å². The standard InChI is InChI=1S/C14H21BrClN/c1-4-5-10(2)9-14(3,17)12-7-6-11(15)8-13(12)16/h6-8,10H,4-5,9,17H2,1-3H3. The number of halogens is 2. The van der Waals surface area contributed by atoms with E-state index in [0.29, 0.717) is 5.92 Å². The van der Waals surface area contributed by atoms with Gasteiger partial charge in [0.05, 0.1) is 0 Å². The third kappa shape index (κ3) is 4.27. The van der Waals surface area contributed by atoms with Crippen LogP contribution in [0, 0.1) is 5.92 Å². The number of nitrogens with two attached hydrogens (primary N) is 1. The maximum absolute atomic E-state index is 6.42. The largest absolute Gasteiger partial charge is 0.322 e. The maximum atomic E-state index is 6.42. The van der Waals surface area contributed by atoms with E-state index in [0.717, 1.165) is 21.5 Å². The van der Waals surface area contributed by atoms with E-state index in [1.807, 2.05) is 18.2 Å². The molecule has 1 rings (SSSR count). The second-order valence-corrected chi connectivity index (χ2v) is 6.46. The summed E-state index contributed by atoms with van der Waals surface area (Å²) < 4.78 is 0.989. The summed E-state index contributed by atoms with van der Waals surface area (Å²) in [5.74, 6) is 0.620. The molecule has 17 heavy (non-hydrogen) atoms. The molecule has 0 heterocycles. The highest BCUT2D eigenvalue weighted by atomic mass is 79.9. The van der Waals surface area contributed by atoms with Crippen molar-refractivity contribution in [3.63, 3.8) is 0 Å². The van der Waals surface area contributed by atoms with Crippen LogP contribution in [0.25, 0.3) is 0 Å². The van der Waals surface area contributed by atoms with Crippen LogP contribution in [0.15, 0.2) is 22.7 Å². The fraction of sp³-hybridized carbons (Fsp3) is 0.571. The molecule has 96 valence electrons. The third-order valence-corrected chi connectivity index (χ3v) is 3.91. The molecule has 0 saturated heterocycles. The summed E-state index contributed by atoms with van der Waals surface area (Å²) >= 11 is 9.68. The predicted molar refractivity (Wildman–Crippen MR) is 79.4 cm³/mol. The van der Waals surface area contributed by atoms with Crippen LogP contribution in [0.5, 0.6) is 0 Å². The number of hydrogen-bond acceptors (Lipinski definition) is 1. The summed E-state index contributed by atoms with van der Waals surface area (Å²) in [7, 11) is 0. The van der Waals surface area contributed by atoms with Crippen molar-refractivity contribution in [3.05, 3.63) is 33.3 Å². The van der Waals surface area contributed by atoms with Gasteiger partial charge in [0, 0.05) is 15.0 Å². The lowest BCUT2D eigenvalue weighted by atomic mass is 9.83. The Hall–Kier alpha value is -0.0500. The summed E-state index contributed by atoms with van der Waals surface area (Å²) in [6.07, 6.45) is 3.37. The van der Waals surface area contributed by atoms with E-state index in [4.69, 9.17) is 17.3 Å². The highest BCUT2D eigenvalue weighted by molar-refractivity contribution is 9.10. The molecular weight excluding hydrogens is 298 g/mol. The third-order valence-electron chi connectivity index (χ3n) is 3.10. The van der Waals surface area contributed by atoms with Crippen molar-refractivity contribution >= 4 is 27.5 Å². The molecule has 1 aromatic rings. The zero-order chi connectivity index (χ0) is 13.1. The van der Waals surface area contributed by atoms with Gasteiger partial charge < -0.3 is 5.73 Å². The topological polar surface area (TPSA) is 26.0 Å². The van der Waals surface area contributed by atoms with Crippen LogP contribution < -0.4 is 5.73 Å². The van der Waals surface area contributed by atoms with Gasteiger partial charge in [-0.15, -0.1) is 0 Å². The van der Waals surface area contributed by atoms with Crippen molar-refractivity contribution in [1.29, 1.82) is 0 Å². The van der Waals surface area contributed by atoms with Crippen molar-refractivity contribution in [2.24, 2.45) is 11.7 Å². The SMILES string of the molecule is CCCC(C)CC(C)(N)c1ccc(Br)cc1Cl. The zero-order valence-electron chi connectivity index (χ0n) is 10.8. The number of rotatable bonds is 5. The van der Waals surface area contributed by atoms with Gasteiger partial charge in [-0.2, -0.15) is 0 Å². The number of hydrogen-bond donors (Lipinski definition) is 1. The molecule has 0 bridgehead atoms. The molecule has 0 spiro atoms. The van der Waals surface area contributed by atoms with Gasteiger partial charge in [-0.1, -0.05) is 60.3 Å². The van der Waals surface area contributed by atoms with Crippen LogP contribution >= 0.6 is 27.5 Å². The Morgan fingerprint density at radius 1 is 1.47 bits per heavy atom. The molecule has 0 radical (unpaired) electrons. The second-order valence-electron chi connectivity index (χ2n) is 5.14. The predicted octanol–water partition coefficient (Wildman–Crippen LogP) is 5.10. The first-order chi connectivity index (χ1) is 7.86. The van der Waals surface area contributed by atoms with E-state index in [9.17, 15) is 0 Å². The van der Waals surface area contributed by atoms with E-state index >= 15 is 0 Å². The lowest BCUT2D eigenvalue weighted by Crippen LogP contribution is -2.35. The first-order valence-corrected chi connectivity index (χ1v) is 7.28. The average molecular weight is 319 g/mol. The zero-order valence-corrected chi connectivity index (χ0v) is 13.1. The van der Waals surface area contributed by atoms with E-state index < -0.39 is 0 Å². The van der Waals surface area contributed by atoms with Crippen LogP contribution in [0.4, 0.5) is 0 Å². The Bertz CT molecular complexity index is 376. The molecule has 0 amide bonds. The molecule has 0 saturated carbocycles. The summed E-state index contributed by atoms with van der Waals surface area (Å²) in [5, 5.41) is 0.744. The van der Waals surface area contributed by atoms with E-state index in [1.54, 1.807) is 0 Å². The Kier molecular flexibility index (Phi) is 5.49. The molecule has 1 aromatic carbocycles. The van der Waals surface area contributed by atoms with Crippen LogP contribution in [0.1, 0.15) is 45.6 Å². The van der Waals surface area contributed by atoms with Gasteiger partial charge in [0.15, 0.2) is 0 Å². The monoisotopic (exact) mass is 317 g/mol.